The molecule has 0 amide bonds. The molecule has 0 spiro atoms. The Balaban J connectivity index is 1.72. The lowest BCUT2D eigenvalue weighted by Gasteiger charge is -2.09. The normalized spacial score (nSPS) is 10.7. The van der Waals surface area contributed by atoms with Crippen LogP contribution in [-0.2, 0) is 0 Å². The second-order valence-electron chi connectivity index (χ2n) is 6.41. The summed E-state index contributed by atoms with van der Waals surface area (Å²) in [6.45, 7) is 7.10. The van der Waals surface area contributed by atoms with Crippen molar-refractivity contribution in [3.63, 3.8) is 0 Å². The molecule has 0 unspecified atom stereocenters. The monoisotopic (exact) mass is 349 g/mol. The molecule has 0 heterocycles. The molecule has 0 saturated carbocycles. The van der Waals surface area contributed by atoms with Crippen molar-refractivity contribution in [3.05, 3.63) is 78.9 Å². The van der Waals surface area contributed by atoms with E-state index >= 15 is 0 Å². The van der Waals surface area contributed by atoms with Crippen LogP contribution >= 0.6 is 0 Å². The molecule has 27 heavy (non-hydrogen) atoms. The van der Waals surface area contributed by atoms with Gasteiger partial charge < -0.3 is 5.73 Å². The third kappa shape index (κ3) is 3.23. The Hall–Kier alpha value is -3.72. The number of nitrogens with zero attached hydrogens (tertiary/aromatic N) is 2. The van der Waals surface area contributed by atoms with Gasteiger partial charge in [-0.05, 0) is 82.9 Å². The molecule has 0 aliphatic rings. The third-order valence-corrected chi connectivity index (χ3v) is 4.75. The lowest BCUT2D eigenvalue weighted by Crippen LogP contribution is -1.87. The van der Waals surface area contributed by atoms with E-state index in [1.54, 1.807) is 0 Å². The summed E-state index contributed by atoms with van der Waals surface area (Å²) in [5.74, 6) is 0. The zero-order valence-electron chi connectivity index (χ0n) is 14.9. The second kappa shape index (κ2) is 6.89. The van der Waals surface area contributed by atoms with E-state index in [0.29, 0.717) is 11.4 Å². The van der Waals surface area contributed by atoms with Crippen molar-refractivity contribution in [2.45, 2.75) is 0 Å². The molecule has 0 atom stereocenters. The highest BCUT2D eigenvalue weighted by Crippen LogP contribution is 2.32. The number of hydrogen-bond donors (Lipinski definition) is 1. The first kappa shape index (κ1) is 16.7. The number of aliphatic imine (C=N–C) groups is 2. The largest absolute Gasteiger partial charge is 0.397 e. The maximum atomic E-state index is 6.04. The van der Waals surface area contributed by atoms with Crippen LogP contribution in [0.2, 0.25) is 0 Å². The van der Waals surface area contributed by atoms with Crippen LogP contribution in [0.25, 0.3) is 33.0 Å². The van der Waals surface area contributed by atoms with Gasteiger partial charge in [0.25, 0.3) is 0 Å². The first-order valence-electron chi connectivity index (χ1n) is 8.65. The van der Waals surface area contributed by atoms with Gasteiger partial charge in [-0.25, -0.2) is 0 Å². The number of benzene rings is 4. The SMILES string of the molecule is C=Nc1ccc(-c2ccc3cc(-c4ccc(N=C)c(N)c4)ccc3c2)cc1. The first-order chi connectivity index (χ1) is 13.2. The molecule has 2 N–H and O–H groups in total. The van der Waals surface area contributed by atoms with Gasteiger partial charge in [0.1, 0.15) is 0 Å². The average Bonchev–Trinajstić information content (AvgIpc) is 2.73. The van der Waals surface area contributed by atoms with Gasteiger partial charge >= 0.3 is 0 Å². The minimum Gasteiger partial charge on any atom is -0.397 e. The summed E-state index contributed by atoms with van der Waals surface area (Å²) in [5.41, 5.74) is 12.8. The van der Waals surface area contributed by atoms with Crippen LogP contribution in [0, 0.1) is 0 Å². The highest BCUT2D eigenvalue weighted by molar-refractivity contribution is 5.91. The molecule has 0 aliphatic carbocycles. The Bertz CT molecular complexity index is 1160. The molecule has 0 radical (unpaired) electrons. The highest BCUT2D eigenvalue weighted by Gasteiger charge is 2.05. The number of nitrogen functional groups attached to an aromatic ring is 1. The molecule has 0 fully saturated rings. The zero-order valence-corrected chi connectivity index (χ0v) is 14.9. The fraction of sp³-hybridized carbons (Fsp3) is 0. The number of nitrogens with two attached hydrogens (primary N) is 1. The summed E-state index contributed by atoms with van der Waals surface area (Å²) < 4.78 is 0. The Morgan fingerprint density at radius 1 is 0.556 bits per heavy atom. The summed E-state index contributed by atoms with van der Waals surface area (Å²) >= 11 is 0. The van der Waals surface area contributed by atoms with Crippen molar-refractivity contribution < 1.29 is 0 Å². The lowest BCUT2D eigenvalue weighted by atomic mass is 9.97. The first-order valence-corrected chi connectivity index (χ1v) is 8.65. The molecule has 0 aromatic heterocycles. The van der Waals surface area contributed by atoms with Crippen LogP contribution in [0.4, 0.5) is 17.1 Å². The van der Waals surface area contributed by atoms with Crippen LogP contribution in [0.5, 0.6) is 0 Å². The Kier molecular flexibility index (Phi) is 4.27. The highest BCUT2D eigenvalue weighted by atomic mass is 14.7. The van der Waals surface area contributed by atoms with Crippen molar-refractivity contribution in [1.29, 1.82) is 0 Å². The molecule has 3 nitrogen and oxygen atoms in total. The predicted octanol–water partition coefficient (Wildman–Crippen LogP) is 6.42. The van der Waals surface area contributed by atoms with Crippen LogP contribution < -0.4 is 5.73 Å². The molecule has 4 aromatic carbocycles. The number of hydrogen-bond acceptors (Lipinski definition) is 3. The van der Waals surface area contributed by atoms with Crippen LogP contribution in [0.3, 0.4) is 0 Å². The van der Waals surface area contributed by atoms with Crippen LogP contribution in [0.1, 0.15) is 0 Å². The Morgan fingerprint density at radius 3 is 1.63 bits per heavy atom. The molecule has 4 rings (SSSR count). The van der Waals surface area contributed by atoms with E-state index < -0.39 is 0 Å². The van der Waals surface area contributed by atoms with Crippen LogP contribution in [-0.4, -0.2) is 13.4 Å². The summed E-state index contributed by atoms with van der Waals surface area (Å²) in [5, 5.41) is 2.38. The fourth-order valence-electron chi connectivity index (χ4n) is 3.24. The van der Waals surface area contributed by atoms with E-state index in [1.807, 2.05) is 30.3 Å². The maximum absolute atomic E-state index is 6.04. The van der Waals surface area contributed by atoms with E-state index in [0.717, 1.165) is 22.4 Å². The summed E-state index contributed by atoms with van der Waals surface area (Å²) in [4.78, 5) is 7.86. The van der Waals surface area contributed by atoms with Gasteiger partial charge in [-0.3, -0.25) is 9.98 Å². The Morgan fingerprint density at radius 2 is 1.07 bits per heavy atom. The van der Waals surface area contributed by atoms with Gasteiger partial charge in [0.05, 0.1) is 17.1 Å². The fourth-order valence-corrected chi connectivity index (χ4v) is 3.24. The molecule has 0 saturated heterocycles. The van der Waals surface area contributed by atoms with Gasteiger partial charge in [0.15, 0.2) is 0 Å². The zero-order chi connectivity index (χ0) is 18.8. The minimum atomic E-state index is 0.635. The molecular weight excluding hydrogens is 330 g/mol. The number of fused-ring (bicyclic) bond motifs is 1. The molecule has 4 aromatic rings. The van der Waals surface area contributed by atoms with E-state index in [4.69, 9.17) is 5.73 Å². The third-order valence-electron chi connectivity index (χ3n) is 4.75. The van der Waals surface area contributed by atoms with Crippen molar-refractivity contribution in [1.82, 2.24) is 0 Å². The molecule has 0 aliphatic heterocycles. The minimum absolute atomic E-state index is 0.635. The second-order valence-corrected chi connectivity index (χ2v) is 6.41. The molecule has 130 valence electrons. The molecule has 3 heteroatoms. The van der Waals surface area contributed by atoms with Crippen molar-refractivity contribution in [3.8, 4) is 22.3 Å². The van der Waals surface area contributed by atoms with Crippen molar-refractivity contribution in [2.75, 3.05) is 5.73 Å². The lowest BCUT2D eigenvalue weighted by molar-refractivity contribution is 1.53. The van der Waals surface area contributed by atoms with E-state index in [2.05, 4.69) is 72.0 Å². The summed E-state index contributed by atoms with van der Waals surface area (Å²) in [7, 11) is 0. The summed E-state index contributed by atoms with van der Waals surface area (Å²) in [6, 6.07) is 26.9. The maximum Gasteiger partial charge on any atom is 0.0852 e. The van der Waals surface area contributed by atoms with Crippen LogP contribution in [0.15, 0.2) is 88.8 Å². The smallest absolute Gasteiger partial charge is 0.0852 e. The quantitative estimate of drug-likeness (QED) is 0.335. The van der Waals surface area contributed by atoms with E-state index in [9.17, 15) is 0 Å². The Labute approximate surface area is 158 Å². The van der Waals surface area contributed by atoms with Gasteiger partial charge in [-0.15, -0.1) is 0 Å². The average molecular weight is 349 g/mol. The van der Waals surface area contributed by atoms with Crippen molar-refractivity contribution in [2.24, 2.45) is 9.98 Å². The van der Waals surface area contributed by atoms with E-state index in [1.165, 1.54) is 16.3 Å². The molecule has 0 bridgehead atoms. The van der Waals surface area contributed by atoms with E-state index in [-0.39, 0.29) is 0 Å². The number of rotatable bonds is 4. The van der Waals surface area contributed by atoms with Crippen molar-refractivity contribution >= 4 is 41.3 Å². The molecular formula is C24H19N3. The summed E-state index contributed by atoms with van der Waals surface area (Å²) in [6.07, 6.45) is 0. The van der Waals surface area contributed by atoms with Gasteiger partial charge in [0, 0.05) is 0 Å². The predicted molar refractivity (Wildman–Crippen MR) is 118 cm³/mol. The van der Waals surface area contributed by atoms with Gasteiger partial charge in [-0.2, -0.15) is 0 Å². The van der Waals surface area contributed by atoms with Gasteiger partial charge in [0.2, 0.25) is 0 Å². The standard InChI is InChI=1S/C24H19N3/c1-26-22-10-7-16(8-11-22)17-3-4-19-14-20(6-5-18(19)13-17)21-9-12-24(27-2)23(25)15-21/h3-15H,1-2,25H2. The van der Waals surface area contributed by atoms with Gasteiger partial charge in [-0.1, -0.05) is 42.5 Å². The topological polar surface area (TPSA) is 50.7 Å². The number of anilines is 1.